The SMILES string of the molecule is O=C(O)c1ccnc(CCF)c1. The van der Waals surface area contributed by atoms with Gasteiger partial charge >= 0.3 is 5.97 Å². The molecule has 4 heteroatoms. The second-order valence-electron chi connectivity index (χ2n) is 2.28. The number of nitrogens with zero attached hydrogens (tertiary/aromatic N) is 1. The molecule has 12 heavy (non-hydrogen) atoms. The number of aromatic nitrogens is 1. The number of halogens is 1. The fourth-order valence-electron chi connectivity index (χ4n) is 0.845. The van der Waals surface area contributed by atoms with E-state index in [1.807, 2.05) is 0 Å². The maximum absolute atomic E-state index is 11.8. The summed E-state index contributed by atoms with van der Waals surface area (Å²) < 4.78 is 11.8. The Balaban J connectivity index is 2.88. The lowest BCUT2D eigenvalue weighted by Crippen LogP contribution is -1.99. The summed E-state index contributed by atoms with van der Waals surface area (Å²) in [5, 5.41) is 8.56. The van der Waals surface area contributed by atoms with Gasteiger partial charge in [-0.15, -0.1) is 0 Å². The van der Waals surface area contributed by atoms with Gasteiger partial charge in [0.25, 0.3) is 0 Å². The molecule has 3 nitrogen and oxygen atoms in total. The van der Waals surface area contributed by atoms with Gasteiger partial charge in [-0.2, -0.15) is 0 Å². The number of rotatable bonds is 3. The highest BCUT2D eigenvalue weighted by atomic mass is 19.1. The smallest absolute Gasteiger partial charge is 0.335 e. The Labute approximate surface area is 68.9 Å². The summed E-state index contributed by atoms with van der Waals surface area (Å²) in [5.41, 5.74) is 0.617. The summed E-state index contributed by atoms with van der Waals surface area (Å²) in [7, 11) is 0. The second kappa shape index (κ2) is 3.80. The molecule has 0 aliphatic carbocycles. The van der Waals surface area contributed by atoms with Crippen molar-refractivity contribution >= 4 is 5.97 Å². The highest BCUT2D eigenvalue weighted by Crippen LogP contribution is 2.02. The van der Waals surface area contributed by atoms with Crippen molar-refractivity contribution in [1.82, 2.24) is 4.98 Å². The first-order valence-corrected chi connectivity index (χ1v) is 3.48. The normalized spacial score (nSPS) is 9.75. The van der Waals surface area contributed by atoms with E-state index in [1.54, 1.807) is 0 Å². The van der Waals surface area contributed by atoms with E-state index in [-0.39, 0.29) is 12.0 Å². The summed E-state index contributed by atoms with van der Waals surface area (Å²) in [5.74, 6) is -1.02. The third-order valence-corrected chi connectivity index (χ3v) is 1.41. The molecule has 0 saturated heterocycles. The number of pyridine rings is 1. The van der Waals surface area contributed by atoms with E-state index in [2.05, 4.69) is 4.98 Å². The molecule has 0 aliphatic heterocycles. The quantitative estimate of drug-likeness (QED) is 0.741. The molecule has 1 N–H and O–H groups in total. The van der Waals surface area contributed by atoms with Crippen LogP contribution in [-0.2, 0) is 6.42 Å². The number of hydrogen-bond donors (Lipinski definition) is 1. The Kier molecular flexibility index (Phi) is 2.74. The molecule has 1 rings (SSSR count). The van der Waals surface area contributed by atoms with Crippen LogP contribution in [0.3, 0.4) is 0 Å². The fraction of sp³-hybridized carbons (Fsp3) is 0.250. The zero-order chi connectivity index (χ0) is 8.97. The number of hydrogen-bond acceptors (Lipinski definition) is 2. The van der Waals surface area contributed by atoms with Gasteiger partial charge in [-0.1, -0.05) is 0 Å². The van der Waals surface area contributed by atoms with Gasteiger partial charge in [-0.25, -0.2) is 4.79 Å². The summed E-state index contributed by atoms with van der Waals surface area (Å²) in [6, 6.07) is 2.76. The number of alkyl halides is 1. The highest BCUT2D eigenvalue weighted by molar-refractivity contribution is 5.87. The van der Waals surface area contributed by atoms with Crippen molar-refractivity contribution < 1.29 is 14.3 Å². The minimum atomic E-state index is -1.02. The van der Waals surface area contributed by atoms with Crippen molar-refractivity contribution in [3.63, 3.8) is 0 Å². The standard InChI is InChI=1S/C8H8FNO2/c9-3-1-7-5-6(8(11)12)2-4-10-7/h2,4-5H,1,3H2,(H,11,12). The van der Waals surface area contributed by atoms with Gasteiger partial charge in [0.1, 0.15) is 0 Å². The molecule has 0 atom stereocenters. The van der Waals surface area contributed by atoms with E-state index >= 15 is 0 Å². The van der Waals surface area contributed by atoms with Gasteiger partial charge in [0.2, 0.25) is 0 Å². The number of aryl methyl sites for hydroxylation is 1. The predicted octanol–water partition coefficient (Wildman–Crippen LogP) is 1.29. The largest absolute Gasteiger partial charge is 0.478 e. The Morgan fingerprint density at radius 3 is 3.00 bits per heavy atom. The van der Waals surface area contributed by atoms with Crippen LogP contribution in [0.5, 0.6) is 0 Å². The van der Waals surface area contributed by atoms with E-state index in [0.717, 1.165) is 0 Å². The molecular formula is C8H8FNO2. The first-order valence-electron chi connectivity index (χ1n) is 3.48. The molecule has 0 amide bonds. The van der Waals surface area contributed by atoms with E-state index in [9.17, 15) is 9.18 Å². The Hall–Kier alpha value is -1.45. The van der Waals surface area contributed by atoms with Crippen LogP contribution in [-0.4, -0.2) is 22.7 Å². The van der Waals surface area contributed by atoms with Crippen molar-refractivity contribution in [2.75, 3.05) is 6.67 Å². The van der Waals surface area contributed by atoms with Crippen molar-refractivity contribution in [3.05, 3.63) is 29.6 Å². The molecule has 0 aliphatic rings. The monoisotopic (exact) mass is 169 g/mol. The van der Waals surface area contributed by atoms with Crippen molar-refractivity contribution in [3.8, 4) is 0 Å². The molecule has 0 fully saturated rings. The van der Waals surface area contributed by atoms with Crippen LogP contribution in [0.4, 0.5) is 4.39 Å². The molecule has 0 radical (unpaired) electrons. The Bertz CT molecular complexity index is 288. The summed E-state index contributed by atoms with van der Waals surface area (Å²) >= 11 is 0. The summed E-state index contributed by atoms with van der Waals surface area (Å²) in [6.45, 7) is -0.518. The van der Waals surface area contributed by atoms with Gasteiger partial charge < -0.3 is 5.11 Å². The maximum atomic E-state index is 11.8. The Morgan fingerprint density at radius 2 is 2.42 bits per heavy atom. The van der Waals surface area contributed by atoms with Crippen molar-refractivity contribution in [2.24, 2.45) is 0 Å². The zero-order valence-electron chi connectivity index (χ0n) is 6.33. The lowest BCUT2D eigenvalue weighted by Gasteiger charge is -1.97. The van der Waals surface area contributed by atoms with E-state index in [0.29, 0.717) is 5.69 Å². The second-order valence-corrected chi connectivity index (χ2v) is 2.28. The predicted molar refractivity (Wildman–Crippen MR) is 40.9 cm³/mol. The lowest BCUT2D eigenvalue weighted by molar-refractivity contribution is 0.0696. The van der Waals surface area contributed by atoms with Crippen molar-refractivity contribution in [1.29, 1.82) is 0 Å². The van der Waals surface area contributed by atoms with Crippen LogP contribution in [0.1, 0.15) is 16.1 Å². The molecular weight excluding hydrogens is 161 g/mol. The van der Waals surface area contributed by atoms with Crippen LogP contribution < -0.4 is 0 Å². The van der Waals surface area contributed by atoms with Crippen LogP contribution in [0, 0.1) is 0 Å². The van der Waals surface area contributed by atoms with Gasteiger partial charge in [-0.3, -0.25) is 9.37 Å². The van der Waals surface area contributed by atoms with Crippen LogP contribution >= 0.6 is 0 Å². The molecule has 0 saturated carbocycles. The van der Waals surface area contributed by atoms with Gasteiger partial charge in [0.15, 0.2) is 0 Å². The molecule has 1 heterocycles. The molecule has 0 bridgehead atoms. The number of aromatic carboxylic acids is 1. The van der Waals surface area contributed by atoms with E-state index in [4.69, 9.17) is 5.11 Å². The fourth-order valence-corrected chi connectivity index (χ4v) is 0.845. The van der Waals surface area contributed by atoms with Crippen LogP contribution in [0.15, 0.2) is 18.3 Å². The molecule has 0 aromatic carbocycles. The highest BCUT2D eigenvalue weighted by Gasteiger charge is 2.03. The van der Waals surface area contributed by atoms with E-state index in [1.165, 1.54) is 18.3 Å². The molecule has 0 unspecified atom stereocenters. The van der Waals surface area contributed by atoms with Crippen LogP contribution in [0.2, 0.25) is 0 Å². The van der Waals surface area contributed by atoms with Gasteiger partial charge in [-0.05, 0) is 12.1 Å². The molecule has 1 aromatic heterocycles. The zero-order valence-corrected chi connectivity index (χ0v) is 6.33. The molecule has 1 aromatic rings. The minimum Gasteiger partial charge on any atom is -0.478 e. The summed E-state index contributed by atoms with van der Waals surface area (Å²) in [4.78, 5) is 14.2. The average molecular weight is 169 g/mol. The first kappa shape index (κ1) is 8.64. The van der Waals surface area contributed by atoms with Gasteiger partial charge in [0, 0.05) is 18.3 Å². The number of carboxylic acids is 1. The van der Waals surface area contributed by atoms with Crippen LogP contribution in [0.25, 0.3) is 0 Å². The molecule has 0 spiro atoms. The molecule has 64 valence electrons. The number of carbonyl (C=O) groups is 1. The number of carboxylic acid groups (broad SMARTS) is 1. The lowest BCUT2D eigenvalue weighted by atomic mass is 10.2. The summed E-state index contributed by atoms with van der Waals surface area (Å²) in [6.07, 6.45) is 1.54. The van der Waals surface area contributed by atoms with Crippen molar-refractivity contribution in [2.45, 2.75) is 6.42 Å². The third kappa shape index (κ3) is 2.02. The third-order valence-electron chi connectivity index (χ3n) is 1.41. The van der Waals surface area contributed by atoms with E-state index < -0.39 is 12.6 Å². The Morgan fingerprint density at radius 1 is 1.67 bits per heavy atom. The average Bonchev–Trinajstić information content (AvgIpc) is 2.05. The first-order chi connectivity index (χ1) is 5.74. The minimum absolute atomic E-state index is 0.147. The maximum Gasteiger partial charge on any atom is 0.335 e. The van der Waals surface area contributed by atoms with Gasteiger partial charge in [0.05, 0.1) is 12.2 Å². The topological polar surface area (TPSA) is 50.2 Å².